The summed E-state index contributed by atoms with van der Waals surface area (Å²) in [7, 11) is 0. The van der Waals surface area contributed by atoms with Crippen molar-refractivity contribution in [2.45, 2.75) is 0 Å². The average Bonchev–Trinajstić information content (AvgIpc) is 3.26. The van der Waals surface area contributed by atoms with Gasteiger partial charge >= 0.3 is 0 Å². The summed E-state index contributed by atoms with van der Waals surface area (Å²) in [5, 5.41) is 7.38. The largest absolute Gasteiger partial charge is 0.344 e. The molecule has 0 atom stereocenters. The van der Waals surface area contributed by atoms with Crippen LogP contribution in [0.2, 0.25) is 0 Å². The lowest BCUT2D eigenvalue weighted by Crippen LogP contribution is -2.00. The van der Waals surface area contributed by atoms with Crippen molar-refractivity contribution in [2.24, 2.45) is 0 Å². The third kappa shape index (κ3) is 2.36. The maximum Gasteiger partial charge on any atom is 0.224 e. The summed E-state index contributed by atoms with van der Waals surface area (Å²) in [6, 6.07) is 5.69. The molecule has 0 aliphatic rings. The third-order valence-electron chi connectivity index (χ3n) is 3.28. The van der Waals surface area contributed by atoms with Crippen molar-refractivity contribution in [1.29, 1.82) is 0 Å². The number of fused-ring (bicyclic) bond motifs is 1. The van der Waals surface area contributed by atoms with Gasteiger partial charge in [0.2, 0.25) is 11.6 Å². The van der Waals surface area contributed by atoms with Crippen LogP contribution in [0, 0.1) is 6.57 Å². The number of benzene rings is 1. The molecule has 2 N–H and O–H groups in total. The van der Waals surface area contributed by atoms with E-state index in [1.165, 1.54) is 12.4 Å². The molecule has 0 spiro atoms. The van der Waals surface area contributed by atoms with Gasteiger partial charge in [0.1, 0.15) is 5.52 Å². The highest BCUT2D eigenvalue weighted by Crippen LogP contribution is 2.25. The molecular weight excluding hydrogens is 292 g/mol. The van der Waals surface area contributed by atoms with E-state index < -0.39 is 0 Å². The van der Waals surface area contributed by atoms with Crippen LogP contribution in [0.1, 0.15) is 0 Å². The first kappa shape index (κ1) is 13.0. The first-order valence-corrected chi connectivity index (χ1v) is 6.77. The zero-order valence-corrected chi connectivity index (χ0v) is 11.8. The maximum absolute atomic E-state index is 6.92. The van der Waals surface area contributed by atoms with Gasteiger partial charge in [-0.3, -0.25) is 0 Å². The third-order valence-corrected chi connectivity index (χ3v) is 3.28. The minimum Gasteiger partial charge on any atom is -0.344 e. The predicted molar refractivity (Wildman–Crippen MR) is 84.8 cm³/mol. The van der Waals surface area contributed by atoms with Crippen LogP contribution < -0.4 is 5.32 Å². The number of aromatic nitrogens is 6. The van der Waals surface area contributed by atoms with E-state index in [1.807, 2.05) is 24.4 Å². The maximum atomic E-state index is 6.92. The summed E-state index contributed by atoms with van der Waals surface area (Å²) >= 11 is 0. The van der Waals surface area contributed by atoms with Crippen LogP contribution in [0.25, 0.3) is 21.6 Å². The quantitative estimate of drug-likeness (QED) is 0.568. The average molecular weight is 302 g/mol. The van der Waals surface area contributed by atoms with E-state index in [4.69, 9.17) is 6.57 Å². The molecule has 0 aliphatic carbocycles. The van der Waals surface area contributed by atoms with Crippen LogP contribution in [0.15, 0.2) is 49.3 Å². The monoisotopic (exact) mass is 302 g/mol. The van der Waals surface area contributed by atoms with Crippen LogP contribution >= 0.6 is 0 Å². The lowest BCUT2D eigenvalue weighted by molar-refractivity contribution is 0.886. The van der Waals surface area contributed by atoms with E-state index >= 15 is 0 Å². The van der Waals surface area contributed by atoms with Crippen molar-refractivity contribution in [3.05, 3.63) is 60.7 Å². The number of nitrogens with zero attached hydrogens (tertiary/aromatic N) is 6. The zero-order chi connectivity index (χ0) is 15.6. The molecule has 0 saturated carbocycles. The molecule has 23 heavy (non-hydrogen) atoms. The van der Waals surface area contributed by atoms with Crippen molar-refractivity contribution in [2.75, 3.05) is 5.32 Å². The second-order valence-electron chi connectivity index (χ2n) is 4.75. The first-order chi connectivity index (χ1) is 11.3. The highest BCUT2D eigenvalue weighted by atomic mass is 15.3. The van der Waals surface area contributed by atoms with Gasteiger partial charge in [0, 0.05) is 30.5 Å². The zero-order valence-electron chi connectivity index (χ0n) is 11.8. The van der Waals surface area contributed by atoms with E-state index in [0.29, 0.717) is 11.6 Å². The molecule has 110 valence electrons. The van der Waals surface area contributed by atoms with Gasteiger partial charge in [-0.1, -0.05) is 0 Å². The number of rotatable bonds is 3. The molecule has 0 bridgehead atoms. The summed E-state index contributed by atoms with van der Waals surface area (Å²) in [6.45, 7) is 6.92. The number of anilines is 2. The normalized spacial score (nSPS) is 10.6. The van der Waals surface area contributed by atoms with Crippen LogP contribution in [0.5, 0.6) is 0 Å². The smallest absolute Gasteiger partial charge is 0.224 e. The Kier molecular flexibility index (Phi) is 2.95. The van der Waals surface area contributed by atoms with E-state index in [1.54, 1.807) is 17.2 Å². The lowest BCUT2D eigenvalue weighted by Gasteiger charge is -2.08. The molecule has 0 fully saturated rings. The van der Waals surface area contributed by atoms with Crippen LogP contribution in [-0.4, -0.2) is 29.7 Å². The molecule has 3 heterocycles. The summed E-state index contributed by atoms with van der Waals surface area (Å²) in [5.74, 6) is 0.419. The Morgan fingerprint density at radius 2 is 2.04 bits per heavy atom. The fraction of sp³-hybridized carbons (Fsp3) is 0. The Balaban J connectivity index is 1.76. The molecule has 0 radical (unpaired) electrons. The van der Waals surface area contributed by atoms with Gasteiger partial charge in [-0.15, -0.1) is 0 Å². The van der Waals surface area contributed by atoms with Gasteiger partial charge in [-0.05, 0) is 18.2 Å². The van der Waals surface area contributed by atoms with Gasteiger partial charge in [-0.2, -0.15) is 5.10 Å². The minimum absolute atomic E-state index is 0.400. The molecule has 4 aromatic rings. The van der Waals surface area contributed by atoms with Crippen molar-refractivity contribution in [3.63, 3.8) is 0 Å². The Bertz CT molecular complexity index is 992. The standard InChI is InChI=1S/C15H10N8/c1-16-11-7-17-15(18-8-11)22-10-5-12-14(20-9-19-12)13(6-10)23-4-2-3-21-23/h2-9H,(H,19,20)(H,17,18,22). The van der Waals surface area contributed by atoms with E-state index in [2.05, 4.69) is 35.2 Å². The number of hydrogen-bond acceptors (Lipinski definition) is 5. The molecule has 3 aromatic heterocycles. The number of H-pyrrole nitrogens is 1. The Morgan fingerprint density at radius 1 is 1.17 bits per heavy atom. The second kappa shape index (κ2) is 5.23. The van der Waals surface area contributed by atoms with Crippen molar-refractivity contribution in [1.82, 2.24) is 29.7 Å². The Labute approximate surface area is 130 Å². The van der Waals surface area contributed by atoms with Crippen molar-refractivity contribution < 1.29 is 0 Å². The second-order valence-corrected chi connectivity index (χ2v) is 4.75. The van der Waals surface area contributed by atoms with Crippen molar-refractivity contribution in [3.8, 4) is 5.69 Å². The number of imidazole rings is 1. The Morgan fingerprint density at radius 3 is 2.78 bits per heavy atom. The van der Waals surface area contributed by atoms with Gasteiger partial charge in [-0.25, -0.2) is 24.5 Å². The summed E-state index contributed by atoms with van der Waals surface area (Å²) in [5.41, 5.74) is 3.73. The summed E-state index contributed by atoms with van der Waals surface area (Å²) in [6.07, 6.45) is 8.17. The highest BCUT2D eigenvalue weighted by Gasteiger charge is 2.09. The van der Waals surface area contributed by atoms with E-state index in [-0.39, 0.29) is 0 Å². The number of nitrogens with one attached hydrogen (secondary N) is 2. The minimum atomic E-state index is 0.400. The van der Waals surface area contributed by atoms with E-state index in [9.17, 15) is 0 Å². The number of hydrogen-bond donors (Lipinski definition) is 2. The number of aromatic amines is 1. The molecule has 4 rings (SSSR count). The fourth-order valence-corrected chi connectivity index (χ4v) is 2.26. The van der Waals surface area contributed by atoms with E-state index in [0.717, 1.165) is 22.4 Å². The highest BCUT2D eigenvalue weighted by molar-refractivity contribution is 5.88. The topological polar surface area (TPSA) is 88.7 Å². The lowest BCUT2D eigenvalue weighted by atomic mass is 10.2. The Hall–Kier alpha value is -3.73. The molecule has 0 unspecified atom stereocenters. The SMILES string of the molecule is [C-]#[N+]c1cnc(Nc2cc(-n3cccn3)c3nc[nH]c3c2)nc1. The molecule has 0 aliphatic heterocycles. The predicted octanol–water partition coefficient (Wildman–Crippen LogP) is 2.83. The van der Waals surface area contributed by atoms with Gasteiger partial charge < -0.3 is 10.3 Å². The van der Waals surface area contributed by atoms with Gasteiger partial charge in [0.25, 0.3) is 0 Å². The van der Waals surface area contributed by atoms with Crippen LogP contribution in [0.4, 0.5) is 17.3 Å². The molecule has 0 amide bonds. The van der Waals surface area contributed by atoms with Crippen LogP contribution in [-0.2, 0) is 0 Å². The molecular formula is C15H10N8. The van der Waals surface area contributed by atoms with Crippen molar-refractivity contribution >= 4 is 28.4 Å². The van der Waals surface area contributed by atoms with Gasteiger partial charge in [0.15, 0.2) is 0 Å². The summed E-state index contributed by atoms with van der Waals surface area (Å²) in [4.78, 5) is 18.9. The molecule has 1 aromatic carbocycles. The first-order valence-electron chi connectivity index (χ1n) is 6.77. The fourth-order valence-electron chi connectivity index (χ4n) is 2.26. The van der Waals surface area contributed by atoms with Gasteiger partial charge in [0.05, 0.1) is 24.1 Å². The van der Waals surface area contributed by atoms with Crippen LogP contribution in [0.3, 0.4) is 0 Å². The molecule has 0 saturated heterocycles. The molecule has 8 nitrogen and oxygen atoms in total. The molecule has 8 heteroatoms. The summed E-state index contributed by atoms with van der Waals surface area (Å²) < 4.78 is 1.75.